The highest BCUT2D eigenvalue weighted by atomic mass is 16.5. The van der Waals surface area contributed by atoms with E-state index in [9.17, 15) is 4.79 Å². The molecule has 32 heavy (non-hydrogen) atoms. The fourth-order valence-electron chi connectivity index (χ4n) is 4.06. The summed E-state index contributed by atoms with van der Waals surface area (Å²) in [5.41, 5.74) is 4.14. The molecule has 2 aliphatic carbocycles. The van der Waals surface area contributed by atoms with Gasteiger partial charge in [-0.2, -0.15) is 0 Å². The molecule has 6 nitrogen and oxygen atoms in total. The molecule has 0 aliphatic heterocycles. The molecular weight excluding hydrogens is 404 g/mol. The number of ketones is 1. The molecule has 2 heterocycles. The molecule has 6 heteroatoms. The summed E-state index contributed by atoms with van der Waals surface area (Å²) in [7, 11) is 3.24. The summed E-state index contributed by atoms with van der Waals surface area (Å²) in [6, 6.07) is 5.55. The zero-order valence-corrected chi connectivity index (χ0v) is 18.5. The van der Waals surface area contributed by atoms with Gasteiger partial charge in [0.25, 0.3) is 0 Å². The third-order valence-electron chi connectivity index (χ3n) is 5.97. The molecule has 1 unspecified atom stereocenters. The summed E-state index contributed by atoms with van der Waals surface area (Å²) < 4.78 is 16.3. The van der Waals surface area contributed by atoms with Crippen LogP contribution in [-0.2, 0) is 17.6 Å². The minimum Gasteiger partial charge on any atom is -0.497 e. The minimum absolute atomic E-state index is 0.0225. The number of carbonyl (C=O) groups excluding carboxylic acids is 1. The van der Waals surface area contributed by atoms with Crippen molar-refractivity contribution in [3.63, 3.8) is 0 Å². The molecule has 0 aromatic carbocycles. The van der Waals surface area contributed by atoms with E-state index in [-0.39, 0.29) is 11.7 Å². The molecule has 2 aliphatic rings. The van der Waals surface area contributed by atoms with Gasteiger partial charge in [-0.3, -0.25) is 4.79 Å². The third kappa shape index (κ3) is 5.25. The van der Waals surface area contributed by atoms with Crippen molar-refractivity contribution in [3.8, 4) is 11.8 Å². The number of nitrogens with zero attached hydrogens (tertiary/aromatic N) is 2. The Kier molecular flexibility index (Phi) is 7.00. The van der Waals surface area contributed by atoms with Crippen LogP contribution in [0.25, 0.3) is 0 Å². The maximum Gasteiger partial charge on any atom is 0.213 e. The van der Waals surface area contributed by atoms with Gasteiger partial charge in [-0.05, 0) is 67.0 Å². The van der Waals surface area contributed by atoms with Gasteiger partial charge in [0.15, 0.2) is 5.78 Å². The Morgan fingerprint density at radius 3 is 2.53 bits per heavy atom. The van der Waals surface area contributed by atoms with Crippen LogP contribution in [0.5, 0.6) is 11.8 Å². The maximum atomic E-state index is 13.0. The van der Waals surface area contributed by atoms with E-state index in [1.54, 1.807) is 32.5 Å². The number of ether oxygens (including phenoxy) is 3. The first-order valence-corrected chi connectivity index (χ1v) is 10.9. The number of aromatic nitrogens is 2. The summed E-state index contributed by atoms with van der Waals surface area (Å²) >= 11 is 0. The standard InChI is InChI=1S/C26H28N2O4/c1-30-23-5-3-4-18(6-12-23)17-32-25-14-20-9-7-19(8-10-21(20)15-28-25)26(29)22-11-13-24(31-2)27-16-22/h4-6,11-16,19H,3,7-10,17H2,1-2H3. The zero-order chi connectivity index (χ0) is 22.3. The fourth-order valence-corrected chi connectivity index (χ4v) is 4.06. The Labute approximate surface area is 188 Å². The van der Waals surface area contributed by atoms with Crippen LogP contribution < -0.4 is 9.47 Å². The quantitative estimate of drug-likeness (QED) is 0.468. The first-order valence-electron chi connectivity index (χ1n) is 10.9. The third-order valence-corrected chi connectivity index (χ3v) is 5.97. The number of rotatable bonds is 7. The number of aryl methyl sites for hydroxylation is 2. The number of allylic oxidation sites excluding steroid dienone is 3. The predicted molar refractivity (Wildman–Crippen MR) is 122 cm³/mol. The van der Waals surface area contributed by atoms with Crippen LogP contribution in [0.2, 0.25) is 0 Å². The largest absolute Gasteiger partial charge is 0.497 e. The van der Waals surface area contributed by atoms with Crippen molar-refractivity contribution in [2.45, 2.75) is 32.1 Å². The fraction of sp³-hybridized carbons (Fsp3) is 0.346. The highest BCUT2D eigenvalue weighted by Gasteiger charge is 2.24. The number of Topliss-reactive ketones (excluding diaryl/α,β-unsaturated/α-hetero) is 1. The van der Waals surface area contributed by atoms with Crippen LogP contribution in [0.3, 0.4) is 0 Å². The van der Waals surface area contributed by atoms with Crippen molar-refractivity contribution in [1.82, 2.24) is 9.97 Å². The van der Waals surface area contributed by atoms with Gasteiger partial charge in [0, 0.05) is 36.0 Å². The molecule has 1 atom stereocenters. The number of hydrogen-bond acceptors (Lipinski definition) is 6. The van der Waals surface area contributed by atoms with Crippen molar-refractivity contribution in [2.24, 2.45) is 5.92 Å². The second-order valence-corrected chi connectivity index (χ2v) is 7.97. The Bertz CT molecular complexity index is 1050. The lowest BCUT2D eigenvalue weighted by Gasteiger charge is -2.12. The molecule has 0 N–H and O–H groups in total. The number of fused-ring (bicyclic) bond motifs is 1. The molecule has 166 valence electrons. The van der Waals surface area contributed by atoms with E-state index in [0.717, 1.165) is 43.4 Å². The molecule has 0 bridgehead atoms. The lowest BCUT2D eigenvalue weighted by Crippen LogP contribution is -2.15. The van der Waals surface area contributed by atoms with Crippen molar-refractivity contribution < 1.29 is 19.0 Å². The summed E-state index contributed by atoms with van der Waals surface area (Å²) in [5.74, 6) is 2.11. The van der Waals surface area contributed by atoms with Crippen LogP contribution in [0.15, 0.2) is 66.2 Å². The van der Waals surface area contributed by atoms with E-state index in [4.69, 9.17) is 14.2 Å². The smallest absolute Gasteiger partial charge is 0.213 e. The van der Waals surface area contributed by atoms with Gasteiger partial charge in [-0.25, -0.2) is 9.97 Å². The normalized spacial score (nSPS) is 17.9. The summed E-state index contributed by atoms with van der Waals surface area (Å²) in [6.07, 6.45) is 15.7. The first kappa shape index (κ1) is 21.8. The van der Waals surface area contributed by atoms with Crippen molar-refractivity contribution in [2.75, 3.05) is 20.8 Å². The van der Waals surface area contributed by atoms with Crippen LogP contribution in [0.4, 0.5) is 0 Å². The van der Waals surface area contributed by atoms with Crippen LogP contribution in [0.1, 0.15) is 40.7 Å². The molecule has 0 radical (unpaired) electrons. The van der Waals surface area contributed by atoms with Gasteiger partial charge in [-0.15, -0.1) is 0 Å². The minimum atomic E-state index is -0.0225. The Morgan fingerprint density at radius 1 is 0.969 bits per heavy atom. The van der Waals surface area contributed by atoms with Gasteiger partial charge in [0.1, 0.15) is 12.4 Å². The molecule has 0 saturated heterocycles. The molecule has 0 amide bonds. The second-order valence-electron chi connectivity index (χ2n) is 7.97. The maximum absolute atomic E-state index is 13.0. The number of methoxy groups -OCH3 is 2. The second kappa shape index (κ2) is 10.3. The molecule has 0 fully saturated rings. The van der Waals surface area contributed by atoms with E-state index in [1.807, 2.05) is 30.5 Å². The molecule has 2 aromatic heterocycles. The van der Waals surface area contributed by atoms with Gasteiger partial charge in [0.2, 0.25) is 11.8 Å². The van der Waals surface area contributed by atoms with E-state index in [2.05, 4.69) is 16.0 Å². The average Bonchev–Trinajstić information content (AvgIpc) is 3.20. The van der Waals surface area contributed by atoms with Crippen LogP contribution in [0, 0.1) is 5.92 Å². The monoisotopic (exact) mass is 432 g/mol. The first-order chi connectivity index (χ1) is 15.7. The highest BCUT2D eigenvalue weighted by Crippen LogP contribution is 2.29. The highest BCUT2D eigenvalue weighted by molar-refractivity contribution is 5.97. The molecule has 2 aromatic rings. The Morgan fingerprint density at radius 2 is 1.78 bits per heavy atom. The van der Waals surface area contributed by atoms with Crippen LogP contribution in [-0.4, -0.2) is 36.6 Å². The van der Waals surface area contributed by atoms with Crippen molar-refractivity contribution in [3.05, 3.63) is 82.9 Å². The van der Waals surface area contributed by atoms with Crippen LogP contribution >= 0.6 is 0 Å². The van der Waals surface area contributed by atoms with E-state index in [1.165, 1.54) is 11.1 Å². The predicted octanol–water partition coefficient (Wildman–Crippen LogP) is 4.66. The van der Waals surface area contributed by atoms with Gasteiger partial charge >= 0.3 is 0 Å². The van der Waals surface area contributed by atoms with Crippen molar-refractivity contribution >= 4 is 5.78 Å². The summed E-state index contributed by atoms with van der Waals surface area (Å²) in [5, 5.41) is 0. The number of hydrogen-bond donors (Lipinski definition) is 0. The van der Waals surface area contributed by atoms with E-state index >= 15 is 0 Å². The SMILES string of the molecule is COC1=CCC=C(COc2cc3c(cn2)CCC(C(=O)c2ccc(OC)nc2)CC3)C=C1. The number of pyridine rings is 2. The lowest BCUT2D eigenvalue weighted by molar-refractivity contribution is 0.0908. The molecule has 0 spiro atoms. The van der Waals surface area contributed by atoms with Gasteiger partial charge in [0.05, 0.1) is 14.2 Å². The van der Waals surface area contributed by atoms with E-state index in [0.29, 0.717) is 23.9 Å². The molecular formula is C26H28N2O4. The van der Waals surface area contributed by atoms with Gasteiger partial charge in [-0.1, -0.05) is 12.2 Å². The molecule has 0 saturated carbocycles. The van der Waals surface area contributed by atoms with E-state index < -0.39 is 0 Å². The topological polar surface area (TPSA) is 70.5 Å². The molecule has 4 rings (SSSR count). The Hall–Kier alpha value is -3.41. The van der Waals surface area contributed by atoms with Gasteiger partial charge < -0.3 is 14.2 Å². The summed E-state index contributed by atoms with van der Waals surface area (Å²) in [6.45, 7) is 0.457. The van der Waals surface area contributed by atoms with Crippen molar-refractivity contribution in [1.29, 1.82) is 0 Å². The number of carbonyl (C=O) groups is 1. The average molecular weight is 433 g/mol. The lowest BCUT2D eigenvalue weighted by atomic mass is 9.91. The summed E-state index contributed by atoms with van der Waals surface area (Å²) in [4.78, 5) is 21.6. The zero-order valence-electron chi connectivity index (χ0n) is 18.5. The Balaban J connectivity index is 1.37.